The minimum absolute atomic E-state index is 0.0126. The second-order valence-electron chi connectivity index (χ2n) is 4.45. The molecule has 0 bridgehead atoms. The van der Waals surface area contributed by atoms with Crippen molar-refractivity contribution in [3.63, 3.8) is 0 Å². The highest BCUT2D eigenvalue weighted by atomic mass is 32.2. The van der Waals surface area contributed by atoms with E-state index in [0.717, 1.165) is 0 Å². The molecule has 0 amide bonds. The van der Waals surface area contributed by atoms with Crippen molar-refractivity contribution in [2.75, 3.05) is 12.8 Å². The van der Waals surface area contributed by atoms with Crippen molar-refractivity contribution in [3.05, 3.63) is 45.7 Å². The highest BCUT2D eigenvalue weighted by molar-refractivity contribution is 7.89. The minimum atomic E-state index is -3.62. The zero-order chi connectivity index (χ0) is 17.2. The lowest BCUT2D eigenvalue weighted by Gasteiger charge is -2.09. The van der Waals surface area contributed by atoms with Gasteiger partial charge in [-0.3, -0.25) is 4.79 Å². The van der Waals surface area contributed by atoms with Gasteiger partial charge in [-0.15, -0.1) is 0 Å². The fourth-order valence-corrected chi connectivity index (χ4v) is 2.78. The summed E-state index contributed by atoms with van der Waals surface area (Å²) < 4.78 is 25.6. The molecule has 9 heteroatoms. The van der Waals surface area contributed by atoms with Gasteiger partial charge in [0.05, 0.1) is 4.90 Å². The Balaban J connectivity index is 2.76. The zero-order valence-corrected chi connectivity index (χ0v) is 12.7. The number of nitrogens with two attached hydrogens (primary N) is 1. The standard InChI is InChI=1S/C14H11N5O3S/c1-18-23(21,22)9-4-2-8(3-5-9)12-10(6-15)13(17)19-14(20)11(12)7-16/h2-5,18H,1H3,(H3,17,19,20). The number of aromatic amines is 1. The first-order chi connectivity index (χ1) is 10.9. The molecule has 0 saturated carbocycles. The first kappa shape index (κ1) is 16.2. The summed E-state index contributed by atoms with van der Waals surface area (Å²) in [6.45, 7) is 0. The summed E-state index contributed by atoms with van der Waals surface area (Å²) in [5.74, 6) is -0.154. The molecule has 1 aromatic heterocycles. The van der Waals surface area contributed by atoms with E-state index in [1.807, 2.05) is 6.07 Å². The molecular formula is C14H11N5O3S. The molecule has 8 nitrogen and oxygen atoms in total. The Morgan fingerprint density at radius 3 is 2.17 bits per heavy atom. The van der Waals surface area contributed by atoms with E-state index in [1.165, 1.54) is 31.3 Å². The third-order valence-electron chi connectivity index (χ3n) is 3.19. The predicted molar refractivity (Wildman–Crippen MR) is 82.6 cm³/mol. The first-order valence-electron chi connectivity index (χ1n) is 6.25. The van der Waals surface area contributed by atoms with Crippen LogP contribution in [0.2, 0.25) is 0 Å². The predicted octanol–water partition coefficient (Wildman–Crippen LogP) is 0.276. The van der Waals surface area contributed by atoms with Gasteiger partial charge in [-0.1, -0.05) is 12.1 Å². The summed E-state index contributed by atoms with van der Waals surface area (Å²) in [6.07, 6.45) is 0. The van der Waals surface area contributed by atoms with Crippen molar-refractivity contribution in [1.29, 1.82) is 10.5 Å². The number of nitrogens with one attached hydrogen (secondary N) is 2. The number of hydrogen-bond acceptors (Lipinski definition) is 6. The van der Waals surface area contributed by atoms with Gasteiger partial charge in [0.25, 0.3) is 5.56 Å². The average molecular weight is 329 g/mol. The van der Waals surface area contributed by atoms with E-state index in [0.29, 0.717) is 5.56 Å². The highest BCUT2D eigenvalue weighted by Gasteiger charge is 2.19. The van der Waals surface area contributed by atoms with Gasteiger partial charge in [0.15, 0.2) is 0 Å². The molecule has 0 aliphatic heterocycles. The topological polar surface area (TPSA) is 153 Å². The first-order valence-corrected chi connectivity index (χ1v) is 7.74. The maximum atomic E-state index is 11.8. The Hall–Kier alpha value is -3.14. The largest absolute Gasteiger partial charge is 0.384 e. The van der Waals surface area contributed by atoms with Crippen LogP contribution < -0.4 is 16.0 Å². The molecule has 4 N–H and O–H groups in total. The second-order valence-corrected chi connectivity index (χ2v) is 6.33. The molecule has 1 aromatic carbocycles. The van der Waals surface area contributed by atoms with Gasteiger partial charge >= 0.3 is 0 Å². The molecule has 0 fully saturated rings. The zero-order valence-electron chi connectivity index (χ0n) is 11.9. The summed E-state index contributed by atoms with van der Waals surface area (Å²) in [7, 11) is -2.34. The highest BCUT2D eigenvalue weighted by Crippen LogP contribution is 2.28. The van der Waals surface area contributed by atoms with E-state index in [4.69, 9.17) is 11.0 Å². The van der Waals surface area contributed by atoms with E-state index < -0.39 is 15.6 Å². The Kier molecular flexibility index (Phi) is 4.18. The number of nitrogens with zero attached hydrogens (tertiary/aromatic N) is 2. The summed E-state index contributed by atoms with van der Waals surface area (Å²) in [4.78, 5) is 14.1. The van der Waals surface area contributed by atoms with Crippen molar-refractivity contribution in [2.24, 2.45) is 0 Å². The molecular weight excluding hydrogens is 318 g/mol. The van der Waals surface area contributed by atoms with E-state index >= 15 is 0 Å². The van der Waals surface area contributed by atoms with Gasteiger partial charge in [-0.05, 0) is 24.7 Å². The second kappa shape index (κ2) is 5.93. The Morgan fingerprint density at radius 2 is 1.70 bits per heavy atom. The molecule has 2 rings (SSSR count). The van der Waals surface area contributed by atoms with Gasteiger partial charge in [-0.25, -0.2) is 13.1 Å². The number of H-pyrrole nitrogens is 1. The van der Waals surface area contributed by atoms with E-state index in [9.17, 15) is 18.5 Å². The number of hydrogen-bond donors (Lipinski definition) is 3. The lowest BCUT2D eigenvalue weighted by Crippen LogP contribution is -2.18. The normalized spacial score (nSPS) is 10.7. The number of nitrogen functional groups attached to an aromatic ring is 1. The SMILES string of the molecule is CNS(=O)(=O)c1ccc(-c2c(C#N)c(N)[nH]c(=O)c2C#N)cc1. The maximum Gasteiger partial charge on any atom is 0.268 e. The fraction of sp³-hybridized carbons (Fsp3) is 0.0714. The molecule has 0 aliphatic carbocycles. The van der Waals surface area contributed by atoms with Crippen LogP contribution in [0.15, 0.2) is 34.0 Å². The smallest absolute Gasteiger partial charge is 0.268 e. The van der Waals surface area contributed by atoms with Crippen molar-refractivity contribution < 1.29 is 8.42 Å². The van der Waals surface area contributed by atoms with E-state index in [2.05, 4.69) is 9.71 Å². The van der Waals surface area contributed by atoms with Crippen LogP contribution in [0, 0.1) is 22.7 Å². The molecule has 23 heavy (non-hydrogen) atoms. The molecule has 0 aliphatic rings. The molecule has 0 saturated heterocycles. The van der Waals surface area contributed by atoms with Crippen LogP contribution in [-0.4, -0.2) is 20.4 Å². The number of sulfonamides is 1. The number of benzene rings is 1. The monoisotopic (exact) mass is 329 g/mol. The van der Waals surface area contributed by atoms with Crippen LogP contribution in [0.3, 0.4) is 0 Å². The Labute approximate surface area is 131 Å². The van der Waals surface area contributed by atoms with E-state index in [1.54, 1.807) is 6.07 Å². The maximum absolute atomic E-state index is 11.8. The third-order valence-corrected chi connectivity index (χ3v) is 4.62. The summed E-state index contributed by atoms with van der Waals surface area (Å²) >= 11 is 0. The van der Waals surface area contributed by atoms with Crippen LogP contribution >= 0.6 is 0 Å². The van der Waals surface area contributed by atoms with Gasteiger partial charge in [0.1, 0.15) is 29.1 Å². The molecule has 0 atom stereocenters. The number of rotatable bonds is 3. The molecule has 0 unspecified atom stereocenters. The lowest BCUT2D eigenvalue weighted by molar-refractivity contribution is 0.588. The quantitative estimate of drug-likeness (QED) is 0.735. The molecule has 1 heterocycles. The molecule has 0 spiro atoms. The number of pyridine rings is 1. The van der Waals surface area contributed by atoms with E-state index in [-0.39, 0.29) is 27.4 Å². The fourth-order valence-electron chi connectivity index (χ4n) is 2.05. The molecule has 0 radical (unpaired) electrons. The van der Waals surface area contributed by atoms with Gasteiger partial charge < -0.3 is 10.7 Å². The van der Waals surface area contributed by atoms with Crippen molar-refractivity contribution in [1.82, 2.24) is 9.71 Å². The van der Waals surface area contributed by atoms with Crippen LogP contribution in [0.1, 0.15) is 11.1 Å². The van der Waals surface area contributed by atoms with Gasteiger partial charge in [-0.2, -0.15) is 10.5 Å². The summed E-state index contributed by atoms with van der Waals surface area (Å²) in [5, 5.41) is 18.4. The lowest BCUT2D eigenvalue weighted by atomic mass is 9.97. The minimum Gasteiger partial charge on any atom is -0.384 e. The summed E-state index contributed by atoms with van der Waals surface area (Å²) in [6, 6.07) is 9.00. The van der Waals surface area contributed by atoms with Gasteiger partial charge in [0, 0.05) is 5.56 Å². The molecule has 116 valence electrons. The van der Waals surface area contributed by atoms with Crippen LogP contribution in [0.4, 0.5) is 5.82 Å². The summed E-state index contributed by atoms with van der Waals surface area (Å²) in [5.41, 5.74) is 5.00. The van der Waals surface area contributed by atoms with Crippen LogP contribution in [0.25, 0.3) is 11.1 Å². The van der Waals surface area contributed by atoms with Crippen molar-refractivity contribution in [2.45, 2.75) is 4.90 Å². The third kappa shape index (κ3) is 2.79. The Bertz CT molecular complexity index is 1010. The number of nitriles is 2. The van der Waals surface area contributed by atoms with Gasteiger partial charge in [0.2, 0.25) is 10.0 Å². The number of anilines is 1. The number of aromatic nitrogens is 1. The van der Waals surface area contributed by atoms with Crippen LogP contribution in [-0.2, 0) is 10.0 Å². The Morgan fingerprint density at radius 1 is 1.13 bits per heavy atom. The van der Waals surface area contributed by atoms with Crippen molar-refractivity contribution in [3.8, 4) is 23.3 Å². The average Bonchev–Trinajstić information content (AvgIpc) is 2.54. The van der Waals surface area contributed by atoms with Crippen LogP contribution in [0.5, 0.6) is 0 Å². The molecule has 2 aromatic rings. The van der Waals surface area contributed by atoms with Crippen molar-refractivity contribution >= 4 is 15.8 Å².